The molecule has 1 aromatic carbocycles. The van der Waals surface area contributed by atoms with Gasteiger partial charge in [0.2, 0.25) is 5.95 Å². The van der Waals surface area contributed by atoms with Crippen LogP contribution < -0.4 is 21.3 Å². The number of anilines is 4. The Morgan fingerprint density at radius 2 is 1.97 bits per heavy atom. The lowest BCUT2D eigenvalue weighted by Crippen LogP contribution is -2.31. The van der Waals surface area contributed by atoms with E-state index in [4.69, 9.17) is 0 Å². The molecule has 0 saturated carbocycles. The van der Waals surface area contributed by atoms with Crippen LogP contribution in [-0.4, -0.2) is 40.1 Å². The first-order valence-corrected chi connectivity index (χ1v) is 11.9. The molecule has 0 aliphatic carbocycles. The van der Waals surface area contributed by atoms with E-state index in [2.05, 4.69) is 36.2 Å². The predicted molar refractivity (Wildman–Crippen MR) is 136 cm³/mol. The van der Waals surface area contributed by atoms with Crippen molar-refractivity contribution >= 4 is 29.0 Å². The number of halogens is 2. The highest BCUT2D eigenvalue weighted by atomic mass is 19.1. The Labute approximate surface area is 209 Å². The van der Waals surface area contributed by atoms with Crippen LogP contribution in [0.25, 0.3) is 0 Å². The normalized spacial score (nSPS) is 13.3. The number of carbonyl (C=O) groups is 1. The second kappa shape index (κ2) is 10.5. The van der Waals surface area contributed by atoms with Crippen molar-refractivity contribution in [2.75, 3.05) is 23.9 Å². The summed E-state index contributed by atoms with van der Waals surface area (Å²) < 4.78 is 28.3. The van der Waals surface area contributed by atoms with E-state index in [0.29, 0.717) is 17.9 Å². The molecule has 1 amide bonds. The van der Waals surface area contributed by atoms with Gasteiger partial charge in [-0.25, -0.2) is 9.37 Å². The molecule has 0 fully saturated rings. The van der Waals surface area contributed by atoms with Crippen molar-refractivity contribution in [3.8, 4) is 0 Å². The standard InChI is InChI=1S/C26H31F2N7O/c1-15(2)32-24(36)19-13-31-25(34-21-10-16-5-7-29-12-17(16)9-20(21)28)35-23(19)33-18-6-8-30-22(11-18)26(3,4)14-27/h6,8-11,13,15,29H,5,7,12,14H2,1-4H3,(H,32,36)(H2,30,31,33,34,35). The summed E-state index contributed by atoms with van der Waals surface area (Å²) in [4.78, 5) is 25.9. The zero-order chi connectivity index (χ0) is 25.9. The molecule has 1 aliphatic heterocycles. The Hall–Kier alpha value is -3.66. The minimum absolute atomic E-state index is 0.0971. The molecule has 0 atom stereocenters. The summed E-state index contributed by atoms with van der Waals surface area (Å²) in [6.45, 7) is 8.11. The van der Waals surface area contributed by atoms with E-state index in [-0.39, 0.29) is 35.0 Å². The number of benzene rings is 1. The first kappa shape index (κ1) is 25.4. The van der Waals surface area contributed by atoms with Crippen LogP contribution in [0, 0.1) is 5.82 Å². The number of aromatic nitrogens is 3. The molecule has 2 aromatic heterocycles. The average Bonchev–Trinajstić information content (AvgIpc) is 2.84. The first-order chi connectivity index (χ1) is 17.2. The van der Waals surface area contributed by atoms with Crippen LogP contribution in [0.2, 0.25) is 0 Å². The highest BCUT2D eigenvalue weighted by Gasteiger charge is 2.23. The zero-order valence-corrected chi connectivity index (χ0v) is 20.9. The highest BCUT2D eigenvalue weighted by Crippen LogP contribution is 2.28. The van der Waals surface area contributed by atoms with E-state index in [1.54, 1.807) is 38.2 Å². The number of hydrogen-bond donors (Lipinski definition) is 4. The number of carbonyl (C=O) groups excluding carboxylic acids is 1. The topological polar surface area (TPSA) is 104 Å². The van der Waals surface area contributed by atoms with Gasteiger partial charge in [-0.15, -0.1) is 0 Å². The van der Waals surface area contributed by atoms with Crippen LogP contribution >= 0.6 is 0 Å². The fourth-order valence-corrected chi connectivity index (χ4v) is 3.85. The number of alkyl halides is 1. The second-order valence-electron chi connectivity index (χ2n) is 9.81. The Morgan fingerprint density at radius 3 is 2.72 bits per heavy atom. The van der Waals surface area contributed by atoms with Crippen LogP contribution in [-0.2, 0) is 18.4 Å². The first-order valence-electron chi connectivity index (χ1n) is 11.9. The summed E-state index contributed by atoms with van der Waals surface area (Å²) in [7, 11) is 0. The van der Waals surface area contributed by atoms with Crippen LogP contribution in [0.4, 0.5) is 31.9 Å². The van der Waals surface area contributed by atoms with Crippen molar-refractivity contribution < 1.29 is 13.6 Å². The molecular formula is C26H31F2N7O. The number of rotatable bonds is 8. The Morgan fingerprint density at radius 1 is 1.17 bits per heavy atom. The molecular weight excluding hydrogens is 464 g/mol. The third-order valence-electron chi connectivity index (χ3n) is 5.93. The number of hydrogen-bond acceptors (Lipinski definition) is 7. The lowest BCUT2D eigenvalue weighted by atomic mass is 9.90. The lowest BCUT2D eigenvalue weighted by Gasteiger charge is -2.21. The summed E-state index contributed by atoms with van der Waals surface area (Å²) in [5.74, 6) is -0.414. The number of fused-ring (bicyclic) bond motifs is 1. The van der Waals surface area contributed by atoms with Gasteiger partial charge >= 0.3 is 0 Å². The van der Waals surface area contributed by atoms with Crippen molar-refractivity contribution in [2.45, 2.75) is 52.1 Å². The molecule has 8 nitrogen and oxygen atoms in total. The largest absolute Gasteiger partial charge is 0.350 e. The fraction of sp³-hybridized carbons (Fsp3) is 0.385. The molecule has 0 bridgehead atoms. The van der Waals surface area contributed by atoms with E-state index in [0.717, 1.165) is 24.1 Å². The summed E-state index contributed by atoms with van der Waals surface area (Å²) in [5.41, 5.74) is 2.83. The molecule has 0 saturated heterocycles. The maximum Gasteiger partial charge on any atom is 0.256 e. The minimum Gasteiger partial charge on any atom is -0.350 e. The third kappa shape index (κ3) is 5.76. The smallest absolute Gasteiger partial charge is 0.256 e. The van der Waals surface area contributed by atoms with Gasteiger partial charge in [-0.3, -0.25) is 14.2 Å². The molecule has 3 aromatic rings. The van der Waals surface area contributed by atoms with E-state index in [1.165, 1.54) is 12.3 Å². The van der Waals surface area contributed by atoms with Crippen molar-refractivity contribution in [1.82, 2.24) is 25.6 Å². The highest BCUT2D eigenvalue weighted by molar-refractivity contribution is 5.99. The SMILES string of the molecule is CC(C)NC(=O)c1cnc(Nc2cc3c(cc2F)CNCC3)nc1Nc1ccnc(C(C)(C)CF)c1. The third-order valence-corrected chi connectivity index (χ3v) is 5.93. The van der Waals surface area contributed by atoms with Gasteiger partial charge in [0, 0.05) is 36.1 Å². The Balaban J connectivity index is 1.68. The molecule has 1 aliphatic rings. The van der Waals surface area contributed by atoms with Crippen molar-refractivity contribution in [2.24, 2.45) is 0 Å². The number of nitrogens with zero attached hydrogens (tertiary/aromatic N) is 3. The maximum atomic E-state index is 14.8. The zero-order valence-electron chi connectivity index (χ0n) is 20.9. The van der Waals surface area contributed by atoms with E-state index in [9.17, 15) is 13.6 Å². The fourth-order valence-electron chi connectivity index (χ4n) is 3.85. The van der Waals surface area contributed by atoms with Gasteiger partial charge in [0.25, 0.3) is 5.91 Å². The van der Waals surface area contributed by atoms with Gasteiger partial charge in [-0.05, 0) is 62.2 Å². The Kier molecular flexibility index (Phi) is 7.44. The van der Waals surface area contributed by atoms with Gasteiger partial charge in [-0.1, -0.05) is 13.8 Å². The molecule has 3 heterocycles. The van der Waals surface area contributed by atoms with Crippen LogP contribution in [0.15, 0.2) is 36.7 Å². The van der Waals surface area contributed by atoms with Gasteiger partial charge in [0.05, 0.1) is 11.4 Å². The summed E-state index contributed by atoms with van der Waals surface area (Å²) in [5, 5.41) is 12.2. The summed E-state index contributed by atoms with van der Waals surface area (Å²) in [6.07, 6.45) is 3.76. The molecule has 190 valence electrons. The van der Waals surface area contributed by atoms with Crippen LogP contribution in [0.3, 0.4) is 0 Å². The van der Waals surface area contributed by atoms with Gasteiger partial charge < -0.3 is 21.3 Å². The molecule has 4 rings (SSSR count). The molecule has 4 N–H and O–H groups in total. The average molecular weight is 496 g/mol. The van der Waals surface area contributed by atoms with Gasteiger partial charge in [-0.2, -0.15) is 4.98 Å². The second-order valence-corrected chi connectivity index (χ2v) is 9.81. The summed E-state index contributed by atoms with van der Waals surface area (Å²) >= 11 is 0. The molecule has 10 heteroatoms. The lowest BCUT2D eigenvalue weighted by molar-refractivity contribution is 0.0943. The summed E-state index contributed by atoms with van der Waals surface area (Å²) in [6, 6.07) is 6.61. The number of nitrogens with one attached hydrogen (secondary N) is 4. The molecule has 0 radical (unpaired) electrons. The Bertz CT molecular complexity index is 1260. The quantitative estimate of drug-likeness (QED) is 0.364. The van der Waals surface area contributed by atoms with Crippen molar-refractivity contribution in [1.29, 1.82) is 0 Å². The van der Waals surface area contributed by atoms with Crippen molar-refractivity contribution in [3.63, 3.8) is 0 Å². The van der Waals surface area contributed by atoms with Gasteiger partial charge in [0.1, 0.15) is 23.9 Å². The predicted octanol–water partition coefficient (Wildman–Crippen LogP) is 4.53. The maximum absolute atomic E-state index is 14.8. The molecule has 36 heavy (non-hydrogen) atoms. The van der Waals surface area contributed by atoms with Crippen LogP contribution in [0.1, 0.15) is 54.9 Å². The van der Waals surface area contributed by atoms with E-state index in [1.807, 2.05) is 13.8 Å². The van der Waals surface area contributed by atoms with Crippen LogP contribution in [0.5, 0.6) is 0 Å². The molecule has 0 unspecified atom stereocenters. The van der Waals surface area contributed by atoms with E-state index >= 15 is 0 Å². The number of pyridine rings is 1. The monoisotopic (exact) mass is 495 g/mol. The van der Waals surface area contributed by atoms with Gasteiger partial charge in [0.15, 0.2) is 0 Å². The van der Waals surface area contributed by atoms with Crippen molar-refractivity contribution in [3.05, 3.63) is 64.9 Å². The minimum atomic E-state index is -0.770. The van der Waals surface area contributed by atoms with E-state index < -0.39 is 17.9 Å². The number of amides is 1. The molecule has 0 spiro atoms.